The van der Waals surface area contributed by atoms with Crippen LogP contribution in [0.3, 0.4) is 0 Å². The van der Waals surface area contributed by atoms with E-state index >= 15 is 0 Å². The Morgan fingerprint density at radius 1 is 0.927 bits per heavy atom. The molecule has 0 bridgehead atoms. The first kappa shape index (κ1) is 31.8. The van der Waals surface area contributed by atoms with E-state index in [1.807, 2.05) is 63.2 Å². The molecule has 0 aromatic heterocycles. The lowest BCUT2D eigenvalue weighted by molar-refractivity contribution is -0.141. The van der Waals surface area contributed by atoms with Crippen LogP contribution in [-0.2, 0) is 32.6 Å². The van der Waals surface area contributed by atoms with Gasteiger partial charge in [-0.25, -0.2) is 12.8 Å². The summed E-state index contributed by atoms with van der Waals surface area (Å²) >= 11 is 0. The molecule has 220 valence electrons. The van der Waals surface area contributed by atoms with Crippen LogP contribution in [0, 0.1) is 12.7 Å². The monoisotopic (exact) mass is 581 g/mol. The van der Waals surface area contributed by atoms with Gasteiger partial charge in [0.15, 0.2) is 0 Å². The van der Waals surface area contributed by atoms with Crippen molar-refractivity contribution in [2.75, 3.05) is 17.1 Å². The summed E-state index contributed by atoms with van der Waals surface area (Å²) in [7, 11) is -3.58. The lowest BCUT2D eigenvalue weighted by atomic mass is 10.0. The number of hydrogen-bond acceptors (Lipinski definition) is 4. The third kappa shape index (κ3) is 9.70. The Bertz CT molecular complexity index is 1380. The minimum atomic E-state index is -3.58. The first-order valence-electron chi connectivity index (χ1n) is 13.9. The van der Waals surface area contributed by atoms with Gasteiger partial charge in [0.05, 0.1) is 11.9 Å². The quantitative estimate of drug-likeness (QED) is 0.282. The molecule has 0 aliphatic heterocycles. The molecule has 41 heavy (non-hydrogen) atoms. The van der Waals surface area contributed by atoms with E-state index in [0.29, 0.717) is 17.7 Å². The van der Waals surface area contributed by atoms with Gasteiger partial charge in [-0.1, -0.05) is 67.1 Å². The van der Waals surface area contributed by atoms with Crippen LogP contribution in [0.1, 0.15) is 49.8 Å². The van der Waals surface area contributed by atoms with Crippen molar-refractivity contribution in [3.63, 3.8) is 0 Å². The Hall–Kier alpha value is -3.72. The molecule has 0 fully saturated rings. The van der Waals surface area contributed by atoms with Gasteiger partial charge >= 0.3 is 0 Å². The predicted octanol–water partition coefficient (Wildman–Crippen LogP) is 5.24. The summed E-state index contributed by atoms with van der Waals surface area (Å²) < 4.78 is 40.1. The standard InChI is InChI=1S/C32H40FN3O4S/c1-5-25(3)34-32(38)30(22-26-10-7-6-8-11-26)35(23-27-15-17-28(33)18-16-27)31(37)12-9-21-36(41(4,39)40)29-19-13-24(2)14-20-29/h6-8,10-11,13-20,25,30H,5,9,12,21-23H2,1-4H3,(H,34,38)/t25-,30+/m1/s1. The van der Waals surface area contributed by atoms with Gasteiger partial charge in [0.2, 0.25) is 21.8 Å². The molecule has 7 nitrogen and oxygen atoms in total. The van der Waals surface area contributed by atoms with Crippen LogP contribution in [0.15, 0.2) is 78.9 Å². The number of carbonyl (C=O) groups excluding carboxylic acids is 2. The molecule has 0 radical (unpaired) electrons. The van der Waals surface area contributed by atoms with E-state index in [-0.39, 0.29) is 49.6 Å². The van der Waals surface area contributed by atoms with Crippen molar-refractivity contribution in [1.29, 1.82) is 0 Å². The van der Waals surface area contributed by atoms with Gasteiger partial charge in [0.25, 0.3) is 0 Å². The molecule has 0 aliphatic carbocycles. The zero-order chi connectivity index (χ0) is 30.0. The van der Waals surface area contributed by atoms with E-state index in [9.17, 15) is 22.4 Å². The van der Waals surface area contributed by atoms with Crippen LogP contribution >= 0.6 is 0 Å². The lowest BCUT2D eigenvalue weighted by Gasteiger charge is -2.32. The molecular weight excluding hydrogens is 541 g/mol. The summed E-state index contributed by atoms with van der Waals surface area (Å²) in [5, 5.41) is 3.02. The molecule has 1 N–H and O–H groups in total. The number of nitrogens with zero attached hydrogens (tertiary/aromatic N) is 2. The number of benzene rings is 3. The number of carbonyl (C=O) groups is 2. The highest BCUT2D eigenvalue weighted by atomic mass is 32.2. The second-order valence-corrected chi connectivity index (χ2v) is 12.4. The first-order valence-corrected chi connectivity index (χ1v) is 15.7. The summed E-state index contributed by atoms with van der Waals surface area (Å²) in [6.07, 6.45) is 2.46. The Labute approximate surface area is 243 Å². The molecular formula is C32H40FN3O4S. The summed E-state index contributed by atoms with van der Waals surface area (Å²) in [5.41, 5.74) is 3.13. The third-order valence-corrected chi connectivity index (χ3v) is 8.21. The highest BCUT2D eigenvalue weighted by molar-refractivity contribution is 7.92. The first-order chi connectivity index (χ1) is 19.5. The maximum absolute atomic E-state index is 13.8. The van der Waals surface area contributed by atoms with Crippen molar-refractivity contribution in [1.82, 2.24) is 10.2 Å². The molecule has 3 aromatic carbocycles. The van der Waals surface area contributed by atoms with Gasteiger partial charge in [-0.3, -0.25) is 13.9 Å². The van der Waals surface area contributed by atoms with Crippen LogP contribution in [-0.4, -0.2) is 50.0 Å². The van der Waals surface area contributed by atoms with Crippen LogP contribution in [0.5, 0.6) is 0 Å². The number of halogens is 1. The van der Waals surface area contributed by atoms with E-state index in [0.717, 1.165) is 23.8 Å². The SMILES string of the molecule is CC[C@@H](C)NC(=O)[C@H](Cc1ccccc1)N(Cc1ccc(F)cc1)C(=O)CCCN(c1ccc(C)cc1)S(C)(=O)=O. The predicted molar refractivity (Wildman–Crippen MR) is 161 cm³/mol. The van der Waals surface area contributed by atoms with Crippen molar-refractivity contribution in [3.8, 4) is 0 Å². The van der Waals surface area contributed by atoms with E-state index in [4.69, 9.17) is 0 Å². The van der Waals surface area contributed by atoms with Crippen molar-refractivity contribution < 1.29 is 22.4 Å². The normalized spacial score (nSPS) is 12.8. The zero-order valence-corrected chi connectivity index (χ0v) is 25.0. The Morgan fingerprint density at radius 3 is 2.15 bits per heavy atom. The number of aryl methyl sites for hydroxylation is 1. The van der Waals surface area contributed by atoms with E-state index in [1.165, 1.54) is 21.3 Å². The lowest BCUT2D eigenvalue weighted by Crippen LogP contribution is -2.52. The molecule has 0 saturated carbocycles. The molecule has 9 heteroatoms. The molecule has 3 aromatic rings. The number of hydrogen-bond donors (Lipinski definition) is 1. The van der Waals surface area contributed by atoms with Gasteiger partial charge in [-0.15, -0.1) is 0 Å². The summed E-state index contributed by atoms with van der Waals surface area (Å²) in [6, 6.07) is 21.6. The molecule has 0 saturated heterocycles. The topological polar surface area (TPSA) is 86.8 Å². The van der Waals surface area contributed by atoms with Crippen molar-refractivity contribution in [2.24, 2.45) is 0 Å². The van der Waals surface area contributed by atoms with Crippen LogP contribution in [0.2, 0.25) is 0 Å². The Balaban J connectivity index is 1.88. The van der Waals surface area contributed by atoms with Crippen LogP contribution < -0.4 is 9.62 Å². The highest BCUT2D eigenvalue weighted by Crippen LogP contribution is 2.21. The number of amides is 2. The maximum Gasteiger partial charge on any atom is 0.243 e. The van der Waals surface area contributed by atoms with E-state index in [1.54, 1.807) is 24.3 Å². The zero-order valence-electron chi connectivity index (χ0n) is 24.2. The van der Waals surface area contributed by atoms with Crippen LogP contribution in [0.4, 0.5) is 10.1 Å². The van der Waals surface area contributed by atoms with Gasteiger partial charge in [0, 0.05) is 32.0 Å². The Kier molecular flexibility index (Phi) is 11.5. The minimum absolute atomic E-state index is 0.0287. The largest absolute Gasteiger partial charge is 0.352 e. The molecule has 2 amide bonds. The van der Waals surface area contributed by atoms with Gasteiger partial charge in [0.1, 0.15) is 11.9 Å². The summed E-state index contributed by atoms with van der Waals surface area (Å²) in [4.78, 5) is 28.9. The summed E-state index contributed by atoms with van der Waals surface area (Å²) in [6.45, 7) is 6.03. The van der Waals surface area contributed by atoms with Gasteiger partial charge in [-0.05, 0) is 62.1 Å². The maximum atomic E-state index is 13.8. The summed E-state index contributed by atoms with van der Waals surface area (Å²) in [5.74, 6) is -0.943. The molecule has 0 heterocycles. The number of sulfonamides is 1. The van der Waals surface area contributed by atoms with E-state index in [2.05, 4.69) is 5.32 Å². The molecule has 0 unspecified atom stereocenters. The third-order valence-electron chi connectivity index (χ3n) is 7.01. The molecule has 0 spiro atoms. The fourth-order valence-corrected chi connectivity index (χ4v) is 5.46. The minimum Gasteiger partial charge on any atom is -0.352 e. The van der Waals surface area contributed by atoms with Crippen molar-refractivity contribution in [3.05, 3.63) is 101 Å². The molecule has 2 atom stereocenters. The fourth-order valence-electron chi connectivity index (χ4n) is 4.50. The molecule has 0 aliphatic rings. The van der Waals surface area contributed by atoms with Crippen molar-refractivity contribution in [2.45, 2.75) is 65.1 Å². The average molecular weight is 582 g/mol. The number of nitrogens with one attached hydrogen (secondary N) is 1. The fraction of sp³-hybridized carbons (Fsp3) is 0.375. The second kappa shape index (κ2) is 14.8. The smallest absolute Gasteiger partial charge is 0.243 e. The van der Waals surface area contributed by atoms with E-state index < -0.39 is 16.1 Å². The molecule has 3 rings (SSSR count). The van der Waals surface area contributed by atoms with Gasteiger partial charge < -0.3 is 10.2 Å². The number of rotatable bonds is 14. The van der Waals surface area contributed by atoms with Gasteiger partial charge in [-0.2, -0.15) is 0 Å². The Morgan fingerprint density at radius 2 is 1.56 bits per heavy atom. The highest BCUT2D eigenvalue weighted by Gasteiger charge is 2.31. The number of anilines is 1. The van der Waals surface area contributed by atoms with Crippen LogP contribution in [0.25, 0.3) is 0 Å². The average Bonchev–Trinajstić information content (AvgIpc) is 2.94. The second-order valence-electron chi connectivity index (χ2n) is 10.4. The van der Waals surface area contributed by atoms with Crippen molar-refractivity contribution >= 4 is 27.5 Å².